The predicted molar refractivity (Wildman–Crippen MR) is 88.2 cm³/mol. The number of nitrogens with one attached hydrogen (secondary N) is 1. The van der Waals surface area contributed by atoms with E-state index in [1.807, 2.05) is 6.92 Å². The van der Waals surface area contributed by atoms with E-state index in [0.717, 1.165) is 18.9 Å². The second-order valence-corrected chi connectivity index (χ2v) is 7.75. The molecule has 1 amide bonds. The molecule has 0 bridgehead atoms. The van der Waals surface area contributed by atoms with Gasteiger partial charge in [0.05, 0.1) is 10.5 Å². The van der Waals surface area contributed by atoms with E-state index in [0.29, 0.717) is 13.1 Å². The predicted octanol–water partition coefficient (Wildman–Crippen LogP) is 1.31. The summed E-state index contributed by atoms with van der Waals surface area (Å²) in [6, 6.07) is 4.87. The van der Waals surface area contributed by atoms with Crippen LogP contribution in [-0.4, -0.2) is 49.4 Å². The zero-order valence-electron chi connectivity index (χ0n) is 13.7. The molecule has 1 saturated heterocycles. The van der Waals surface area contributed by atoms with E-state index in [1.165, 1.54) is 25.1 Å². The molecule has 8 heteroatoms. The fourth-order valence-corrected chi connectivity index (χ4v) is 4.33. The Morgan fingerprint density at radius 3 is 2.62 bits per heavy atom. The Bertz CT molecular complexity index is 732. The molecule has 1 aromatic carbocycles. The van der Waals surface area contributed by atoms with Gasteiger partial charge in [0, 0.05) is 26.1 Å². The number of benzene rings is 1. The summed E-state index contributed by atoms with van der Waals surface area (Å²) in [6.07, 6.45) is 1.70. The number of aromatic carboxylic acids is 1. The molecule has 7 nitrogen and oxygen atoms in total. The molecule has 1 aromatic rings. The molecule has 0 unspecified atom stereocenters. The van der Waals surface area contributed by atoms with Gasteiger partial charge in [0.15, 0.2) is 0 Å². The number of rotatable bonds is 6. The summed E-state index contributed by atoms with van der Waals surface area (Å²) in [6.45, 7) is 4.35. The van der Waals surface area contributed by atoms with Crippen molar-refractivity contribution < 1.29 is 23.1 Å². The van der Waals surface area contributed by atoms with Crippen LogP contribution in [0.15, 0.2) is 29.2 Å². The van der Waals surface area contributed by atoms with Crippen molar-refractivity contribution in [2.45, 2.75) is 37.6 Å². The van der Waals surface area contributed by atoms with Crippen molar-refractivity contribution in [2.24, 2.45) is 5.92 Å². The Balaban J connectivity index is 2.22. The summed E-state index contributed by atoms with van der Waals surface area (Å²) in [4.78, 5) is 24.2. The van der Waals surface area contributed by atoms with Crippen molar-refractivity contribution in [1.82, 2.24) is 9.62 Å². The number of hydrogen-bond donors (Lipinski definition) is 2. The maximum atomic E-state index is 12.6. The van der Waals surface area contributed by atoms with Gasteiger partial charge >= 0.3 is 5.97 Å². The van der Waals surface area contributed by atoms with Crippen LogP contribution in [0.1, 0.15) is 37.0 Å². The van der Waals surface area contributed by atoms with E-state index in [-0.39, 0.29) is 28.3 Å². The normalized spacial score (nSPS) is 21.0. The minimum Gasteiger partial charge on any atom is -0.478 e. The van der Waals surface area contributed by atoms with Gasteiger partial charge in [0.1, 0.15) is 0 Å². The molecule has 1 aliphatic heterocycles. The molecule has 0 spiro atoms. The molecule has 1 fully saturated rings. The Labute approximate surface area is 141 Å². The van der Waals surface area contributed by atoms with E-state index >= 15 is 0 Å². The lowest BCUT2D eigenvalue weighted by Gasteiger charge is -2.19. The van der Waals surface area contributed by atoms with E-state index in [9.17, 15) is 18.0 Å². The van der Waals surface area contributed by atoms with Crippen molar-refractivity contribution in [3.8, 4) is 0 Å². The summed E-state index contributed by atoms with van der Waals surface area (Å²) in [5.41, 5.74) is -0.0835. The highest BCUT2D eigenvalue weighted by atomic mass is 32.2. The second kappa shape index (κ2) is 7.31. The van der Waals surface area contributed by atoms with Crippen molar-refractivity contribution >= 4 is 21.9 Å². The minimum atomic E-state index is -3.85. The third-order valence-electron chi connectivity index (χ3n) is 4.24. The highest BCUT2D eigenvalue weighted by Gasteiger charge is 2.36. The van der Waals surface area contributed by atoms with Gasteiger partial charge in [0.2, 0.25) is 15.9 Å². The standard InChI is InChI=1S/C16H22N2O5S/c1-3-5-13-9-18(11(2)19)10-15(13)17-24(22,23)14-7-4-6-12(8-14)16(20)21/h4,6-8,13,15,17H,3,5,9-10H2,1-2H3,(H,20,21)/t13-,15-/m1/s1. The van der Waals surface area contributed by atoms with Crippen LogP contribution < -0.4 is 4.72 Å². The molecule has 0 saturated carbocycles. The summed E-state index contributed by atoms with van der Waals surface area (Å²) < 4.78 is 27.8. The molecule has 0 aliphatic carbocycles. The van der Waals surface area contributed by atoms with Gasteiger partial charge in [-0.05, 0) is 30.5 Å². The lowest BCUT2D eigenvalue weighted by atomic mass is 9.99. The summed E-state index contributed by atoms with van der Waals surface area (Å²) in [5, 5.41) is 9.01. The van der Waals surface area contributed by atoms with E-state index < -0.39 is 16.0 Å². The largest absolute Gasteiger partial charge is 0.478 e. The topological polar surface area (TPSA) is 104 Å². The number of carbonyl (C=O) groups is 2. The fraction of sp³-hybridized carbons (Fsp3) is 0.500. The van der Waals surface area contributed by atoms with Gasteiger partial charge in [-0.2, -0.15) is 0 Å². The number of sulfonamides is 1. The third kappa shape index (κ3) is 4.12. The van der Waals surface area contributed by atoms with Gasteiger partial charge in [-0.25, -0.2) is 17.9 Å². The number of carboxylic acids is 1. The first-order valence-electron chi connectivity index (χ1n) is 7.85. The van der Waals surface area contributed by atoms with Crippen LogP contribution in [0, 0.1) is 5.92 Å². The summed E-state index contributed by atoms with van der Waals surface area (Å²) in [5.74, 6) is -1.21. The summed E-state index contributed by atoms with van der Waals surface area (Å²) >= 11 is 0. The van der Waals surface area contributed by atoms with Crippen molar-refractivity contribution in [1.29, 1.82) is 0 Å². The average Bonchev–Trinajstić information content (AvgIpc) is 2.90. The first-order chi connectivity index (χ1) is 11.2. The van der Waals surface area contributed by atoms with Gasteiger partial charge in [-0.1, -0.05) is 19.4 Å². The van der Waals surface area contributed by atoms with E-state index in [4.69, 9.17) is 5.11 Å². The maximum Gasteiger partial charge on any atom is 0.335 e. The van der Waals surface area contributed by atoms with Crippen LogP contribution in [-0.2, 0) is 14.8 Å². The number of carboxylic acid groups (broad SMARTS) is 1. The quantitative estimate of drug-likeness (QED) is 0.802. The van der Waals surface area contributed by atoms with E-state index in [1.54, 1.807) is 4.90 Å². The van der Waals surface area contributed by atoms with Crippen LogP contribution in [0.5, 0.6) is 0 Å². The monoisotopic (exact) mass is 354 g/mol. The highest BCUT2D eigenvalue weighted by molar-refractivity contribution is 7.89. The molecule has 132 valence electrons. The number of amides is 1. The molecular formula is C16H22N2O5S. The highest BCUT2D eigenvalue weighted by Crippen LogP contribution is 2.24. The molecule has 1 aliphatic rings. The molecule has 1 heterocycles. The lowest BCUT2D eigenvalue weighted by molar-refractivity contribution is -0.127. The Hall–Kier alpha value is -1.93. The van der Waals surface area contributed by atoms with Crippen molar-refractivity contribution in [3.63, 3.8) is 0 Å². The minimum absolute atomic E-state index is 0.0522. The third-order valence-corrected chi connectivity index (χ3v) is 5.73. The molecule has 2 rings (SSSR count). The zero-order valence-corrected chi connectivity index (χ0v) is 14.5. The molecular weight excluding hydrogens is 332 g/mol. The number of nitrogens with zero attached hydrogens (tertiary/aromatic N) is 1. The molecule has 24 heavy (non-hydrogen) atoms. The SMILES string of the molecule is CCC[C@@H]1CN(C(C)=O)C[C@H]1NS(=O)(=O)c1cccc(C(=O)O)c1. The van der Waals surface area contributed by atoms with Crippen LogP contribution in [0.25, 0.3) is 0 Å². The Kier molecular flexibility index (Phi) is 5.61. The van der Waals surface area contributed by atoms with Gasteiger partial charge in [-0.3, -0.25) is 4.79 Å². The van der Waals surface area contributed by atoms with Crippen LogP contribution in [0.4, 0.5) is 0 Å². The average molecular weight is 354 g/mol. The Morgan fingerprint density at radius 1 is 1.33 bits per heavy atom. The van der Waals surface area contributed by atoms with Crippen molar-refractivity contribution in [3.05, 3.63) is 29.8 Å². The van der Waals surface area contributed by atoms with Crippen molar-refractivity contribution in [2.75, 3.05) is 13.1 Å². The molecule has 0 aromatic heterocycles. The van der Waals surface area contributed by atoms with Gasteiger partial charge in [-0.15, -0.1) is 0 Å². The molecule has 2 atom stereocenters. The van der Waals surface area contributed by atoms with Crippen LogP contribution in [0.2, 0.25) is 0 Å². The maximum absolute atomic E-state index is 12.6. The first kappa shape index (κ1) is 18.4. The zero-order chi connectivity index (χ0) is 17.9. The fourth-order valence-electron chi connectivity index (χ4n) is 2.99. The summed E-state index contributed by atoms with van der Waals surface area (Å²) in [7, 11) is -3.85. The number of likely N-dealkylation sites (tertiary alicyclic amines) is 1. The van der Waals surface area contributed by atoms with Crippen LogP contribution >= 0.6 is 0 Å². The number of hydrogen-bond acceptors (Lipinski definition) is 4. The van der Waals surface area contributed by atoms with E-state index in [2.05, 4.69) is 4.72 Å². The van der Waals surface area contributed by atoms with Gasteiger partial charge < -0.3 is 10.0 Å². The second-order valence-electron chi connectivity index (χ2n) is 6.03. The first-order valence-corrected chi connectivity index (χ1v) is 9.34. The smallest absolute Gasteiger partial charge is 0.335 e. The van der Waals surface area contributed by atoms with Gasteiger partial charge in [0.25, 0.3) is 0 Å². The Morgan fingerprint density at radius 2 is 2.04 bits per heavy atom. The van der Waals surface area contributed by atoms with Crippen LogP contribution in [0.3, 0.4) is 0 Å². The number of carbonyl (C=O) groups excluding carboxylic acids is 1. The molecule has 0 radical (unpaired) electrons. The molecule has 2 N–H and O–H groups in total. The lowest BCUT2D eigenvalue weighted by Crippen LogP contribution is -2.40.